The molecular weight excluding hydrogens is 1270 g/mol. The summed E-state index contributed by atoms with van der Waals surface area (Å²) in [6, 6.07) is 29.8. The smallest absolute Gasteiger partial charge is 0.280 e. The molecule has 4 N–H and O–H groups in total. The van der Waals surface area contributed by atoms with Crippen LogP contribution >= 0.6 is 0 Å². The number of ether oxygens (including phenoxy) is 2. The summed E-state index contributed by atoms with van der Waals surface area (Å²) in [5, 5.41) is 92.1. The molecule has 2 aliphatic heterocycles. The molecule has 88 heavy (non-hydrogen) atoms. The number of sulfone groups is 2. The summed E-state index contributed by atoms with van der Waals surface area (Å²) in [5.41, 5.74) is 5.16. The number of phenolic OH excluding ortho intramolecular Hbond substituents is 4. The summed E-state index contributed by atoms with van der Waals surface area (Å²) in [7, 11) is -6.81. The third-order valence-electron chi connectivity index (χ3n) is 14.2. The van der Waals surface area contributed by atoms with E-state index in [0.717, 1.165) is 49.6 Å². The van der Waals surface area contributed by atoms with Crippen molar-refractivity contribution in [3.05, 3.63) is 144 Å². The Hall–Kier alpha value is -9.30. The number of hydrazone groups is 2. The van der Waals surface area contributed by atoms with Crippen LogP contribution in [0.1, 0.15) is 36.1 Å². The van der Waals surface area contributed by atoms with Crippen LogP contribution in [0.5, 0.6) is 34.5 Å². The first kappa shape index (κ1) is 64.7. The molecule has 0 fully saturated rings. The number of fused-ring (bicyclic) bond motifs is 2. The van der Waals surface area contributed by atoms with Crippen LogP contribution in [0.15, 0.2) is 182 Å². The Labute approximate surface area is 525 Å². The van der Waals surface area contributed by atoms with Gasteiger partial charge in [-0.15, -0.1) is 20.5 Å². The van der Waals surface area contributed by atoms with Crippen molar-refractivity contribution in [2.45, 2.75) is 63.4 Å². The van der Waals surface area contributed by atoms with Crippen molar-refractivity contribution in [3.63, 3.8) is 0 Å². The van der Waals surface area contributed by atoms with Gasteiger partial charge in [-0.3, -0.25) is 9.59 Å². The first-order valence-electron chi connectivity index (χ1n) is 26.3. The second-order valence-corrected chi connectivity index (χ2v) is 24.5. The van der Waals surface area contributed by atoms with Crippen molar-refractivity contribution in [3.8, 4) is 34.5 Å². The number of hydrogen-bond acceptors (Lipinski definition) is 22. The standard InChI is InChI=1S/C60H54N12O12S2.2Cu/c1-31-9-17-41(18-10-31)71-59(77)55(35(5)69-71)67-61-39-15-13-37-23-33(3)53(57(75)43(37)25-39)65-63-45-27-49(83-7)51(29-47(45)73)85(79,80)21-22-86(81,82)52-30-48(74)46(28-50(52)84-8)64-66-54-34(4)24-38-14-16-40(26-44(38)58(54)76)62-68-56-36(6)70-72(60(56)78)42-19-11-32(2)12-20-42;;/h9-20,23-30,55-56,73-76H,21-22H2,1-8H3;;. The predicted molar refractivity (Wildman–Crippen MR) is 323 cm³/mol. The van der Waals surface area contributed by atoms with Crippen LogP contribution in [0.2, 0.25) is 0 Å². The van der Waals surface area contributed by atoms with E-state index in [9.17, 15) is 46.9 Å². The largest absolute Gasteiger partial charge is 0.506 e. The van der Waals surface area contributed by atoms with Crippen molar-refractivity contribution >= 4 is 110 Å². The molecule has 10 rings (SSSR count). The average Bonchev–Trinajstić information content (AvgIpc) is 1.43. The van der Waals surface area contributed by atoms with E-state index in [1.807, 2.05) is 38.1 Å². The molecule has 0 spiro atoms. The van der Waals surface area contributed by atoms with Gasteiger partial charge in [0.05, 0.1) is 59.9 Å². The summed E-state index contributed by atoms with van der Waals surface area (Å²) < 4.78 is 66.4. The zero-order chi connectivity index (χ0) is 61.5. The molecule has 0 bridgehead atoms. The SMILES string of the molecule is COc1cc(N=Nc2c(C)cc3ccc(N=NC4C(=O)N(c5ccc(C)cc5)N=C4C)cc3c2O)c(O)cc1S(=O)(=O)CCS(=O)(=O)c1cc(O)c(N=Nc2c(C)cc3ccc(N=NC4C(=O)N(c5ccc(C)cc5)N=C4C)cc3c2O)cc1OC.[Cu].[Cu]. The van der Waals surface area contributed by atoms with Crippen LogP contribution in [0.4, 0.5) is 45.5 Å². The molecule has 2 unspecified atom stereocenters. The van der Waals surface area contributed by atoms with Gasteiger partial charge in [0.1, 0.15) is 55.5 Å². The Morgan fingerprint density at radius 3 is 1.19 bits per heavy atom. The maximum atomic E-state index is 13.9. The van der Waals surface area contributed by atoms with Crippen LogP contribution in [-0.2, 0) is 63.4 Å². The minimum atomic E-state index is -4.57. The zero-order valence-electron chi connectivity index (χ0n) is 48.0. The van der Waals surface area contributed by atoms with Crippen molar-refractivity contribution in [2.75, 3.05) is 35.7 Å². The summed E-state index contributed by atoms with van der Waals surface area (Å²) in [4.78, 5) is 25.4. The number of azo groups is 4. The molecule has 8 aromatic rings. The fourth-order valence-electron chi connectivity index (χ4n) is 9.42. The molecule has 2 radical (unpaired) electrons. The number of aromatic hydroxyl groups is 4. The summed E-state index contributed by atoms with van der Waals surface area (Å²) in [5.74, 6) is -5.41. The van der Waals surface area contributed by atoms with Gasteiger partial charge in [-0.1, -0.05) is 47.5 Å². The van der Waals surface area contributed by atoms with E-state index in [4.69, 9.17) is 9.47 Å². The molecule has 8 aromatic carbocycles. The predicted octanol–water partition coefficient (Wildman–Crippen LogP) is 12.9. The zero-order valence-corrected chi connectivity index (χ0v) is 51.5. The van der Waals surface area contributed by atoms with Crippen molar-refractivity contribution in [1.29, 1.82) is 0 Å². The number of rotatable bonds is 17. The molecule has 0 aliphatic carbocycles. The molecule has 2 aliphatic rings. The quantitative estimate of drug-likeness (QED) is 0.0488. The van der Waals surface area contributed by atoms with E-state index in [-0.39, 0.29) is 91.7 Å². The van der Waals surface area contributed by atoms with Crippen molar-refractivity contribution in [1.82, 2.24) is 0 Å². The van der Waals surface area contributed by atoms with Crippen molar-refractivity contribution < 1.29 is 90.5 Å². The molecule has 0 aromatic heterocycles. The van der Waals surface area contributed by atoms with Gasteiger partial charge >= 0.3 is 0 Å². The van der Waals surface area contributed by atoms with E-state index in [0.29, 0.717) is 66.8 Å². The number of aryl methyl sites for hydroxylation is 4. The van der Waals surface area contributed by atoms with E-state index in [2.05, 4.69) is 51.1 Å². The number of hydrogen-bond donors (Lipinski definition) is 4. The van der Waals surface area contributed by atoms with Crippen LogP contribution < -0.4 is 19.5 Å². The van der Waals surface area contributed by atoms with E-state index in [1.54, 1.807) is 100 Å². The van der Waals surface area contributed by atoms with E-state index in [1.165, 1.54) is 10.0 Å². The Morgan fingerprint density at radius 1 is 0.477 bits per heavy atom. The number of amides is 2. The Balaban J connectivity index is 0.00000501. The minimum Gasteiger partial charge on any atom is -0.506 e. The molecule has 2 atom stereocenters. The number of carbonyl (C=O) groups excluding carboxylic acids is 2. The molecule has 28 heteroatoms. The van der Waals surface area contributed by atoms with Gasteiger partial charge in [-0.05, 0) is 124 Å². The number of carbonyl (C=O) groups is 2. The monoisotopic (exact) mass is 1320 g/mol. The van der Waals surface area contributed by atoms with E-state index >= 15 is 0 Å². The summed E-state index contributed by atoms with van der Waals surface area (Å²) in [6.45, 7) is 10.6. The van der Waals surface area contributed by atoms with Gasteiger partial charge in [-0.2, -0.15) is 40.7 Å². The molecule has 24 nitrogen and oxygen atoms in total. The summed E-state index contributed by atoms with van der Waals surface area (Å²) in [6.07, 6.45) is 0. The Morgan fingerprint density at radius 2 is 0.841 bits per heavy atom. The third kappa shape index (κ3) is 13.0. The van der Waals surface area contributed by atoms with Crippen molar-refractivity contribution in [2.24, 2.45) is 51.1 Å². The number of phenols is 4. The topological polar surface area (TPSA) is 332 Å². The first-order chi connectivity index (χ1) is 40.9. The maximum Gasteiger partial charge on any atom is 0.280 e. The molecule has 2 heterocycles. The fraction of sp³-hybridized carbons (Fsp3) is 0.200. The second kappa shape index (κ2) is 26.0. The minimum absolute atomic E-state index is 0. The number of nitrogens with zero attached hydrogens (tertiary/aromatic N) is 12. The normalized spacial score (nSPS) is 15.5. The molecular formula is C60H54Cu2N12O12S2. The first-order valence-corrected chi connectivity index (χ1v) is 29.6. The average molecular weight is 1330 g/mol. The van der Waals surface area contributed by atoms with Gasteiger partial charge in [-0.25, -0.2) is 16.8 Å². The number of anilines is 2. The molecule has 2 amide bonds. The van der Waals surface area contributed by atoms with Gasteiger partial charge < -0.3 is 29.9 Å². The summed E-state index contributed by atoms with van der Waals surface area (Å²) >= 11 is 0. The molecule has 0 saturated heterocycles. The molecule has 460 valence electrons. The second-order valence-electron chi connectivity index (χ2n) is 20.3. The Bertz CT molecular complexity index is 4280. The van der Waals surface area contributed by atoms with Crippen LogP contribution in [0.25, 0.3) is 21.5 Å². The number of methoxy groups -OCH3 is 2. The van der Waals surface area contributed by atoms with Gasteiger partial charge in [0.25, 0.3) is 11.8 Å². The van der Waals surface area contributed by atoms with Crippen LogP contribution in [0.3, 0.4) is 0 Å². The fourth-order valence-corrected chi connectivity index (χ4v) is 13.1. The van der Waals surface area contributed by atoms with Gasteiger partial charge in [0.15, 0.2) is 43.3 Å². The Kier molecular flexibility index (Phi) is 19.1. The number of benzene rings is 8. The maximum absolute atomic E-state index is 13.9. The van der Waals surface area contributed by atoms with Gasteiger partial charge in [0.2, 0.25) is 0 Å². The van der Waals surface area contributed by atoms with Gasteiger partial charge in [0, 0.05) is 69.2 Å². The van der Waals surface area contributed by atoms with Crippen LogP contribution in [0, 0.1) is 27.7 Å². The van der Waals surface area contributed by atoms with Crippen LogP contribution in [-0.4, -0.2) is 98.3 Å². The molecule has 0 saturated carbocycles. The van der Waals surface area contributed by atoms with E-state index < -0.39 is 64.6 Å². The third-order valence-corrected chi connectivity index (χ3v) is 17.9.